The van der Waals surface area contributed by atoms with E-state index in [1.54, 1.807) is 0 Å². The van der Waals surface area contributed by atoms with Crippen LogP contribution in [0.25, 0.3) is 0 Å². The molecule has 0 aromatic rings. The zero-order valence-electron chi connectivity index (χ0n) is 11.2. The van der Waals surface area contributed by atoms with E-state index in [2.05, 4.69) is 40.3 Å². The van der Waals surface area contributed by atoms with E-state index in [4.69, 9.17) is 0 Å². The molecule has 0 aromatic heterocycles. The topological polar surface area (TPSA) is 20.2 Å². The second-order valence-corrected chi connectivity index (χ2v) is 5.97. The van der Waals surface area contributed by atoms with Gasteiger partial charge in [-0.05, 0) is 50.4 Å². The van der Waals surface area contributed by atoms with Gasteiger partial charge in [0.2, 0.25) is 0 Å². The molecule has 0 spiro atoms. The molecule has 0 aromatic carbocycles. The van der Waals surface area contributed by atoms with Gasteiger partial charge in [0.25, 0.3) is 0 Å². The molecule has 0 saturated heterocycles. The van der Waals surface area contributed by atoms with E-state index in [0.29, 0.717) is 18.4 Å². The van der Waals surface area contributed by atoms with Crippen LogP contribution in [0.4, 0.5) is 0 Å². The standard InChI is InChI=1S/C15H26O/c1-11(2)7-6-8-12(3)14-9-13(10-16)15(14,4)5/h7,13-14,16H,3,6,8-10H2,1-2,4-5H3/t13-,14+/m1/s1. The third-order valence-electron chi connectivity index (χ3n) is 4.20. The van der Waals surface area contributed by atoms with Crippen molar-refractivity contribution in [3.63, 3.8) is 0 Å². The van der Waals surface area contributed by atoms with Gasteiger partial charge in [-0.1, -0.05) is 37.6 Å². The van der Waals surface area contributed by atoms with E-state index in [9.17, 15) is 5.11 Å². The fraction of sp³-hybridized carbons (Fsp3) is 0.733. The molecule has 0 amide bonds. The van der Waals surface area contributed by atoms with Gasteiger partial charge in [-0.3, -0.25) is 0 Å². The van der Waals surface area contributed by atoms with E-state index in [1.165, 1.54) is 11.1 Å². The molecule has 0 bridgehead atoms. The van der Waals surface area contributed by atoms with Gasteiger partial charge in [-0.2, -0.15) is 0 Å². The molecule has 1 N–H and O–H groups in total. The predicted molar refractivity (Wildman–Crippen MR) is 70.3 cm³/mol. The van der Waals surface area contributed by atoms with Crippen LogP contribution in [0.2, 0.25) is 0 Å². The Balaban J connectivity index is 2.43. The summed E-state index contributed by atoms with van der Waals surface area (Å²) in [5.41, 5.74) is 3.00. The molecule has 0 heterocycles. The van der Waals surface area contributed by atoms with Crippen molar-refractivity contribution in [1.29, 1.82) is 0 Å². The van der Waals surface area contributed by atoms with Crippen molar-refractivity contribution in [2.45, 2.75) is 47.0 Å². The van der Waals surface area contributed by atoms with Crippen LogP contribution >= 0.6 is 0 Å². The highest BCUT2D eigenvalue weighted by atomic mass is 16.3. The third-order valence-corrected chi connectivity index (χ3v) is 4.20. The van der Waals surface area contributed by atoms with Crippen LogP contribution in [0, 0.1) is 17.3 Å². The van der Waals surface area contributed by atoms with Gasteiger partial charge < -0.3 is 5.11 Å². The average molecular weight is 222 g/mol. The summed E-state index contributed by atoms with van der Waals surface area (Å²) in [6.07, 6.45) is 5.60. The molecule has 0 aliphatic heterocycles. The smallest absolute Gasteiger partial charge is 0.0464 e. The zero-order chi connectivity index (χ0) is 12.3. The lowest BCUT2D eigenvalue weighted by Gasteiger charge is -2.52. The summed E-state index contributed by atoms with van der Waals surface area (Å²) in [5.74, 6) is 1.08. The van der Waals surface area contributed by atoms with Crippen LogP contribution < -0.4 is 0 Å². The van der Waals surface area contributed by atoms with E-state index in [0.717, 1.165) is 19.3 Å². The van der Waals surface area contributed by atoms with Gasteiger partial charge >= 0.3 is 0 Å². The number of rotatable bonds is 5. The molecular weight excluding hydrogens is 196 g/mol. The second kappa shape index (κ2) is 5.18. The number of hydrogen-bond acceptors (Lipinski definition) is 1. The van der Waals surface area contributed by atoms with Crippen molar-refractivity contribution in [1.82, 2.24) is 0 Å². The monoisotopic (exact) mass is 222 g/mol. The Bertz CT molecular complexity index is 282. The normalized spacial score (nSPS) is 27.1. The highest BCUT2D eigenvalue weighted by Crippen LogP contribution is 2.54. The summed E-state index contributed by atoms with van der Waals surface area (Å²) >= 11 is 0. The van der Waals surface area contributed by atoms with Crippen molar-refractivity contribution >= 4 is 0 Å². The molecule has 16 heavy (non-hydrogen) atoms. The number of allylic oxidation sites excluding steroid dienone is 3. The van der Waals surface area contributed by atoms with E-state index in [-0.39, 0.29) is 5.41 Å². The van der Waals surface area contributed by atoms with Gasteiger partial charge in [-0.15, -0.1) is 0 Å². The van der Waals surface area contributed by atoms with Crippen LogP contribution in [-0.2, 0) is 0 Å². The lowest BCUT2D eigenvalue weighted by Crippen LogP contribution is -2.47. The first kappa shape index (κ1) is 13.5. The average Bonchev–Trinajstić information content (AvgIpc) is 2.16. The first-order valence-electron chi connectivity index (χ1n) is 6.31. The summed E-state index contributed by atoms with van der Waals surface area (Å²) < 4.78 is 0. The summed E-state index contributed by atoms with van der Waals surface area (Å²) in [7, 11) is 0. The van der Waals surface area contributed by atoms with Crippen LogP contribution in [0.15, 0.2) is 23.8 Å². The molecule has 1 aliphatic rings. The van der Waals surface area contributed by atoms with Crippen molar-refractivity contribution in [3.05, 3.63) is 23.8 Å². The van der Waals surface area contributed by atoms with Crippen LogP contribution in [0.1, 0.15) is 47.0 Å². The summed E-state index contributed by atoms with van der Waals surface area (Å²) in [6, 6.07) is 0. The first-order valence-corrected chi connectivity index (χ1v) is 6.31. The highest BCUT2D eigenvalue weighted by Gasteiger charge is 2.48. The number of aliphatic hydroxyl groups excluding tert-OH is 1. The molecule has 92 valence electrons. The minimum absolute atomic E-state index is 0.247. The maximum atomic E-state index is 9.23. The number of aliphatic hydroxyl groups is 1. The van der Waals surface area contributed by atoms with Crippen LogP contribution in [0.5, 0.6) is 0 Å². The fourth-order valence-electron chi connectivity index (χ4n) is 2.74. The Morgan fingerprint density at radius 2 is 2.06 bits per heavy atom. The van der Waals surface area contributed by atoms with Crippen molar-refractivity contribution in [2.24, 2.45) is 17.3 Å². The molecule has 0 radical (unpaired) electrons. The molecule has 1 saturated carbocycles. The fourth-order valence-corrected chi connectivity index (χ4v) is 2.74. The Kier molecular flexibility index (Phi) is 4.37. The molecule has 1 nitrogen and oxygen atoms in total. The van der Waals surface area contributed by atoms with E-state index in [1.807, 2.05) is 0 Å². The molecular formula is C15H26O. The Morgan fingerprint density at radius 3 is 2.50 bits per heavy atom. The maximum Gasteiger partial charge on any atom is 0.0464 e. The minimum atomic E-state index is 0.247. The molecule has 2 atom stereocenters. The van der Waals surface area contributed by atoms with Crippen molar-refractivity contribution in [2.75, 3.05) is 6.61 Å². The van der Waals surface area contributed by atoms with Gasteiger partial charge in [0.1, 0.15) is 0 Å². The summed E-state index contributed by atoms with van der Waals surface area (Å²) in [6.45, 7) is 13.3. The quantitative estimate of drug-likeness (QED) is 0.698. The van der Waals surface area contributed by atoms with Crippen LogP contribution in [-0.4, -0.2) is 11.7 Å². The minimum Gasteiger partial charge on any atom is -0.396 e. The molecule has 1 rings (SSSR count). The van der Waals surface area contributed by atoms with Gasteiger partial charge in [0, 0.05) is 6.61 Å². The van der Waals surface area contributed by atoms with Gasteiger partial charge in [-0.25, -0.2) is 0 Å². The van der Waals surface area contributed by atoms with Gasteiger partial charge in [0.15, 0.2) is 0 Å². The molecule has 1 heteroatoms. The van der Waals surface area contributed by atoms with Crippen molar-refractivity contribution < 1.29 is 5.11 Å². The predicted octanol–water partition coefficient (Wildman–Crippen LogP) is 3.94. The largest absolute Gasteiger partial charge is 0.396 e. The maximum absolute atomic E-state index is 9.23. The lowest BCUT2D eigenvalue weighted by molar-refractivity contribution is -0.0330. The van der Waals surface area contributed by atoms with Crippen LogP contribution in [0.3, 0.4) is 0 Å². The molecule has 1 aliphatic carbocycles. The molecule has 1 fully saturated rings. The lowest BCUT2D eigenvalue weighted by atomic mass is 9.52. The first-order chi connectivity index (χ1) is 7.39. The second-order valence-electron chi connectivity index (χ2n) is 5.97. The van der Waals surface area contributed by atoms with Gasteiger partial charge in [0.05, 0.1) is 0 Å². The Labute approximate surface area is 100 Å². The van der Waals surface area contributed by atoms with E-state index < -0.39 is 0 Å². The Hall–Kier alpha value is -0.560. The number of hydrogen-bond donors (Lipinski definition) is 1. The zero-order valence-corrected chi connectivity index (χ0v) is 11.2. The Morgan fingerprint density at radius 1 is 1.44 bits per heavy atom. The summed E-state index contributed by atoms with van der Waals surface area (Å²) in [4.78, 5) is 0. The van der Waals surface area contributed by atoms with Crippen molar-refractivity contribution in [3.8, 4) is 0 Å². The highest BCUT2D eigenvalue weighted by molar-refractivity contribution is 5.14. The SMILES string of the molecule is C=C(CCC=C(C)C)[C@@H]1C[C@H](CO)C1(C)C. The van der Waals surface area contributed by atoms with E-state index >= 15 is 0 Å². The summed E-state index contributed by atoms with van der Waals surface area (Å²) in [5, 5.41) is 9.23. The molecule has 0 unspecified atom stereocenters. The third kappa shape index (κ3) is 2.76.